The van der Waals surface area contributed by atoms with Crippen LogP contribution in [0, 0.1) is 24.0 Å². The lowest BCUT2D eigenvalue weighted by atomic mass is 10.0. The van der Waals surface area contributed by atoms with Crippen LogP contribution >= 0.6 is 0 Å². The van der Waals surface area contributed by atoms with Crippen molar-refractivity contribution >= 4 is 23.5 Å². The van der Waals surface area contributed by atoms with Crippen molar-refractivity contribution < 1.29 is 4.92 Å². The van der Waals surface area contributed by atoms with Crippen LogP contribution in [-0.4, -0.2) is 4.92 Å². The Bertz CT molecular complexity index is 677. The van der Waals surface area contributed by atoms with Gasteiger partial charge in [0.15, 0.2) is 0 Å². The second kappa shape index (κ2) is 5.57. The molecule has 4 heteroatoms. The number of nitro benzene ring substituents is 1. The number of nitro groups is 1. The van der Waals surface area contributed by atoms with Crippen LogP contribution in [0.15, 0.2) is 36.4 Å². The molecule has 2 N–H and O–H groups in total. The third kappa shape index (κ3) is 2.69. The van der Waals surface area contributed by atoms with E-state index in [4.69, 9.17) is 5.73 Å². The van der Waals surface area contributed by atoms with Gasteiger partial charge in [-0.15, -0.1) is 0 Å². The van der Waals surface area contributed by atoms with Gasteiger partial charge < -0.3 is 5.73 Å². The number of benzene rings is 2. The van der Waals surface area contributed by atoms with Gasteiger partial charge in [-0.2, -0.15) is 0 Å². The zero-order valence-corrected chi connectivity index (χ0v) is 11.5. The first-order chi connectivity index (χ1) is 9.50. The molecule has 2 aromatic carbocycles. The van der Waals surface area contributed by atoms with Crippen LogP contribution in [-0.2, 0) is 0 Å². The summed E-state index contributed by atoms with van der Waals surface area (Å²) in [5, 5.41) is 11.2. The smallest absolute Gasteiger partial charge is 0.299 e. The van der Waals surface area contributed by atoms with Crippen molar-refractivity contribution in [2.75, 3.05) is 5.73 Å². The number of anilines is 1. The highest BCUT2D eigenvalue weighted by Gasteiger charge is 2.19. The van der Waals surface area contributed by atoms with Crippen LogP contribution in [0.3, 0.4) is 0 Å². The fraction of sp³-hybridized carbons (Fsp3) is 0.125. The topological polar surface area (TPSA) is 69.2 Å². The summed E-state index contributed by atoms with van der Waals surface area (Å²) in [5.74, 6) is 0. The van der Waals surface area contributed by atoms with Gasteiger partial charge in [0.25, 0.3) is 5.69 Å². The Morgan fingerprint density at radius 3 is 2.40 bits per heavy atom. The van der Waals surface area contributed by atoms with Crippen molar-refractivity contribution in [1.29, 1.82) is 0 Å². The molecule has 2 rings (SSSR count). The Labute approximate surface area is 117 Å². The third-order valence-corrected chi connectivity index (χ3v) is 3.33. The van der Waals surface area contributed by atoms with E-state index in [9.17, 15) is 10.1 Å². The van der Waals surface area contributed by atoms with E-state index in [0.717, 1.165) is 16.7 Å². The van der Waals surface area contributed by atoms with Crippen molar-refractivity contribution in [3.05, 3.63) is 68.8 Å². The summed E-state index contributed by atoms with van der Waals surface area (Å²) >= 11 is 0. The monoisotopic (exact) mass is 268 g/mol. The van der Waals surface area contributed by atoms with Gasteiger partial charge >= 0.3 is 0 Å². The van der Waals surface area contributed by atoms with E-state index in [-0.39, 0.29) is 11.4 Å². The summed E-state index contributed by atoms with van der Waals surface area (Å²) in [7, 11) is 0. The standard InChI is InChI=1S/C16H16N2O2/c1-11-10-14(9-8-13-6-4-3-5-7-13)16(18(19)20)15(17)12(11)2/h3-10H,17H2,1-2H3. The first kappa shape index (κ1) is 13.8. The van der Waals surface area contributed by atoms with Crippen LogP contribution in [0.4, 0.5) is 11.4 Å². The predicted octanol–water partition coefficient (Wildman–Crippen LogP) is 3.96. The number of nitrogen functional groups attached to an aromatic ring is 1. The molecule has 0 amide bonds. The quantitative estimate of drug-likeness (QED) is 0.396. The molecule has 0 saturated carbocycles. The maximum absolute atomic E-state index is 11.2. The number of rotatable bonds is 3. The van der Waals surface area contributed by atoms with Crippen LogP contribution in [0.5, 0.6) is 0 Å². The Hall–Kier alpha value is -2.62. The van der Waals surface area contributed by atoms with E-state index in [1.165, 1.54) is 0 Å². The highest BCUT2D eigenvalue weighted by molar-refractivity contribution is 5.81. The number of aryl methyl sites for hydroxylation is 1. The van der Waals surface area contributed by atoms with Crippen molar-refractivity contribution in [2.24, 2.45) is 0 Å². The lowest BCUT2D eigenvalue weighted by molar-refractivity contribution is -0.384. The molecular formula is C16H16N2O2. The average molecular weight is 268 g/mol. The van der Waals surface area contributed by atoms with Gasteiger partial charge in [0, 0.05) is 0 Å². The Kier molecular flexibility index (Phi) is 3.84. The molecule has 0 fully saturated rings. The van der Waals surface area contributed by atoms with Crippen molar-refractivity contribution in [3.8, 4) is 0 Å². The number of hydrogen-bond acceptors (Lipinski definition) is 3. The van der Waals surface area contributed by atoms with Crippen LogP contribution in [0.1, 0.15) is 22.3 Å². The van der Waals surface area contributed by atoms with E-state index < -0.39 is 4.92 Å². The van der Waals surface area contributed by atoms with Crippen LogP contribution < -0.4 is 5.73 Å². The minimum absolute atomic E-state index is 0.0275. The second-order valence-electron chi connectivity index (χ2n) is 4.67. The largest absolute Gasteiger partial charge is 0.393 e. The molecule has 2 aromatic rings. The Morgan fingerprint density at radius 1 is 1.15 bits per heavy atom. The van der Waals surface area contributed by atoms with Crippen molar-refractivity contribution in [1.82, 2.24) is 0 Å². The van der Waals surface area contributed by atoms with Gasteiger partial charge in [0.1, 0.15) is 5.69 Å². The molecule has 4 nitrogen and oxygen atoms in total. The Morgan fingerprint density at radius 2 is 1.80 bits per heavy atom. The summed E-state index contributed by atoms with van der Waals surface area (Å²) in [4.78, 5) is 10.8. The lowest BCUT2D eigenvalue weighted by Crippen LogP contribution is -2.02. The summed E-state index contributed by atoms with van der Waals surface area (Å²) < 4.78 is 0. The molecule has 102 valence electrons. The van der Waals surface area contributed by atoms with E-state index in [0.29, 0.717) is 5.56 Å². The molecular weight excluding hydrogens is 252 g/mol. The summed E-state index contributed by atoms with van der Waals surface area (Å²) in [5.41, 5.74) is 9.30. The van der Waals surface area contributed by atoms with E-state index in [1.54, 1.807) is 19.1 Å². The van der Waals surface area contributed by atoms with Gasteiger partial charge in [-0.3, -0.25) is 10.1 Å². The molecule has 0 heterocycles. The summed E-state index contributed by atoms with van der Waals surface area (Å²) in [6, 6.07) is 11.4. The number of hydrogen-bond donors (Lipinski definition) is 1. The minimum atomic E-state index is -0.424. The van der Waals surface area contributed by atoms with Gasteiger partial charge in [-0.25, -0.2) is 0 Å². The minimum Gasteiger partial charge on any atom is -0.393 e. The van der Waals surface area contributed by atoms with Crippen molar-refractivity contribution in [3.63, 3.8) is 0 Å². The van der Waals surface area contributed by atoms with E-state index in [2.05, 4.69) is 0 Å². The molecule has 0 aromatic heterocycles. The molecule has 0 saturated heterocycles. The fourth-order valence-electron chi connectivity index (χ4n) is 2.04. The first-order valence-corrected chi connectivity index (χ1v) is 6.28. The van der Waals surface area contributed by atoms with Crippen molar-refractivity contribution in [2.45, 2.75) is 13.8 Å². The van der Waals surface area contributed by atoms with Gasteiger partial charge in [0.2, 0.25) is 0 Å². The number of nitrogens with zero attached hydrogens (tertiary/aromatic N) is 1. The molecule has 20 heavy (non-hydrogen) atoms. The van der Waals surface area contributed by atoms with E-state index >= 15 is 0 Å². The van der Waals surface area contributed by atoms with Gasteiger partial charge in [-0.1, -0.05) is 36.4 Å². The number of nitrogens with two attached hydrogens (primary N) is 1. The van der Waals surface area contributed by atoms with Gasteiger partial charge in [0.05, 0.1) is 10.5 Å². The fourth-order valence-corrected chi connectivity index (χ4v) is 2.04. The third-order valence-electron chi connectivity index (χ3n) is 3.33. The van der Waals surface area contributed by atoms with Crippen LogP contribution in [0.2, 0.25) is 0 Å². The SMILES string of the molecule is Cc1cc(C=Cc2ccccc2)c([N+](=O)[O-])c(N)c1C. The lowest BCUT2D eigenvalue weighted by Gasteiger charge is -2.08. The average Bonchev–Trinajstić information content (AvgIpc) is 2.43. The zero-order chi connectivity index (χ0) is 14.7. The van der Waals surface area contributed by atoms with Crippen LogP contribution in [0.25, 0.3) is 12.2 Å². The molecule has 0 radical (unpaired) electrons. The highest BCUT2D eigenvalue weighted by atomic mass is 16.6. The summed E-state index contributed by atoms with van der Waals surface area (Å²) in [6.45, 7) is 3.69. The molecule has 0 aliphatic carbocycles. The zero-order valence-electron chi connectivity index (χ0n) is 11.5. The molecule has 0 aliphatic rings. The molecule has 0 atom stereocenters. The first-order valence-electron chi connectivity index (χ1n) is 6.28. The molecule has 0 unspecified atom stereocenters. The second-order valence-corrected chi connectivity index (χ2v) is 4.67. The van der Waals surface area contributed by atoms with Gasteiger partial charge in [-0.05, 0) is 42.7 Å². The maximum Gasteiger partial charge on any atom is 0.299 e. The molecule has 0 spiro atoms. The Balaban J connectivity index is 2.51. The summed E-state index contributed by atoms with van der Waals surface area (Å²) in [6.07, 6.45) is 3.58. The maximum atomic E-state index is 11.2. The van der Waals surface area contributed by atoms with E-state index in [1.807, 2.05) is 43.3 Å². The predicted molar refractivity (Wildman–Crippen MR) is 82.4 cm³/mol. The normalized spacial score (nSPS) is 10.9. The molecule has 0 bridgehead atoms. The highest BCUT2D eigenvalue weighted by Crippen LogP contribution is 2.32. The molecule has 0 aliphatic heterocycles.